The summed E-state index contributed by atoms with van der Waals surface area (Å²) < 4.78 is 38.6. The van der Waals surface area contributed by atoms with E-state index in [9.17, 15) is 18.0 Å². The van der Waals surface area contributed by atoms with Crippen LogP contribution in [0.4, 0.5) is 18.9 Å². The third-order valence-corrected chi connectivity index (χ3v) is 4.89. The minimum absolute atomic E-state index is 0.123. The first-order valence-corrected chi connectivity index (χ1v) is 9.81. The summed E-state index contributed by atoms with van der Waals surface area (Å²) in [7, 11) is 0. The average Bonchev–Trinajstić information content (AvgIpc) is 2.65. The maximum absolute atomic E-state index is 12.9. The lowest BCUT2D eigenvalue weighted by Gasteiger charge is -2.36. The summed E-state index contributed by atoms with van der Waals surface area (Å²) in [6.45, 7) is 6.76. The molecular formula is C20H30F3N3O. The van der Waals surface area contributed by atoms with Crippen molar-refractivity contribution in [3.05, 3.63) is 29.8 Å². The average molecular weight is 385 g/mol. The van der Waals surface area contributed by atoms with Gasteiger partial charge in [-0.15, -0.1) is 0 Å². The first-order chi connectivity index (χ1) is 12.9. The standard InChI is InChI=1S/C20H30F3N3O/c1-2-3-4-9-19(27)24-10-6-11-25-12-14-26(15-13-25)18-8-5-7-17(16-18)20(21,22)23/h5,7-8,16H,2-4,6,9-15H2,1H3,(H,24,27). The molecule has 0 bridgehead atoms. The van der Waals surface area contributed by atoms with Gasteiger partial charge in [0.2, 0.25) is 5.91 Å². The second kappa shape index (κ2) is 10.5. The fourth-order valence-corrected chi connectivity index (χ4v) is 3.26. The van der Waals surface area contributed by atoms with Gasteiger partial charge in [0.25, 0.3) is 0 Å². The molecule has 1 aromatic rings. The molecule has 4 nitrogen and oxygen atoms in total. The number of benzene rings is 1. The summed E-state index contributed by atoms with van der Waals surface area (Å²) in [5, 5.41) is 2.95. The van der Waals surface area contributed by atoms with E-state index in [0.717, 1.165) is 51.4 Å². The maximum Gasteiger partial charge on any atom is 0.416 e. The number of halogens is 3. The van der Waals surface area contributed by atoms with Crippen molar-refractivity contribution in [1.29, 1.82) is 0 Å². The van der Waals surface area contributed by atoms with E-state index in [-0.39, 0.29) is 5.91 Å². The molecule has 1 heterocycles. The lowest BCUT2D eigenvalue weighted by atomic mass is 10.1. The molecule has 0 saturated carbocycles. The van der Waals surface area contributed by atoms with E-state index in [4.69, 9.17) is 0 Å². The van der Waals surface area contributed by atoms with Gasteiger partial charge in [-0.05, 0) is 37.6 Å². The highest BCUT2D eigenvalue weighted by molar-refractivity contribution is 5.75. The van der Waals surface area contributed by atoms with Gasteiger partial charge in [0.15, 0.2) is 0 Å². The third-order valence-electron chi connectivity index (χ3n) is 4.89. The van der Waals surface area contributed by atoms with Crippen LogP contribution in [0.15, 0.2) is 24.3 Å². The van der Waals surface area contributed by atoms with Crippen molar-refractivity contribution in [3.63, 3.8) is 0 Å². The molecule has 0 aromatic heterocycles. The number of unbranched alkanes of at least 4 members (excludes halogenated alkanes) is 2. The zero-order chi connectivity index (χ0) is 19.7. The van der Waals surface area contributed by atoms with Crippen molar-refractivity contribution in [3.8, 4) is 0 Å². The molecule has 0 atom stereocenters. The second-order valence-corrected chi connectivity index (χ2v) is 7.04. The van der Waals surface area contributed by atoms with Crippen LogP contribution in [0, 0.1) is 0 Å². The molecule has 0 spiro atoms. The van der Waals surface area contributed by atoms with Gasteiger partial charge < -0.3 is 10.2 Å². The Bertz CT molecular complexity index is 584. The van der Waals surface area contributed by atoms with Gasteiger partial charge in [0, 0.05) is 44.8 Å². The van der Waals surface area contributed by atoms with Gasteiger partial charge in [-0.2, -0.15) is 13.2 Å². The molecule has 1 saturated heterocycles. The van der Waals surface area contributed by atoms with E-state index < -0.39 is 11.7 Å². The van der Waals surface area contributed by atoms with Crippen LogP contribution in [0.5, 0.6) is 0 Å². The minimum Gasteiger partial charge on any atom is -0.369 e. The van der Waals surface area contributed by atoms with Gasteiger partial charge in [-0.25, -0.2) is 0 Å². The highest BCUT2D eigenvalue weighted by Crippen LogP contribution is 2.31. The Morgan fingerprint density at radius 3 is 2.52 bits per heavy atom. The number of carbonyl (C=O) groups is 1. The number of hydrogen-bond donors (Lipinski definition) is 1. The first kappa shape index (κ1) is 21.5. The Balaban J connectivity index is 1.66. The molecule has 0 radical (unpaired) electrons. The number of alkyl halides is 3. The van der Waals surface area contributed by atoms with E-state index in [1.54, 1.807) is 6.07 Å². The molecule has 1 aliphatic rings. The van der Waals surface area contributed by atoms with Crippen molar-refractivity contribution in [1.82, 2.24) is 10.2 Å². The zero-order valence-electron chi connectivity index (χ0n) is 16.0. The molecule has 1 aliphatic heterocycles. The molecule has 1 N–H and O–H groups in total. The fraction of sp³-hybridized carbons (Fsp3) is 0.650. The molecule has 1 aromatic carbocycles. The molecule has 7 heteroatoms. The Morgan fingerprint density at radius 1 is 1.11 bits per heavy atom. The van der Waals surface area contributed by atoms with E-state index in [0.29, 0.717) is 31.7 Å². The Morgan fingerprint density at radius 2 is 1.85 bits per heavy atom. The van der Waals surface area contributed by atoms with E-state index in [1.165, 1.54) is 12.1 Å². The van der Waals surface area contributed by atoms with Crippen molar-refractivity contribution in [2.75, 3.05) is 44.2 Å². The monoisotopic (exact) mass is 385 g/mol. The summed E-state index contributed by atoms with van der Waals surface area (Å²) in [5.41, 5.74) is 0.0286. The largest absolute Gasteiger partial charge is 0.416 e. The number of hydrogen-bond acceptors (Lipinski definition) is 3. The normalized spacial score (nSPS) is 15.8. The quantitative estimate of drug-likeness (QED) is 0.655. The number of amides is 1. The highest BCUT2D eigenvalue weighted by Gasteiger charge is 2.31. The van der Waals surface area contributed by atoms with E-state index in [1.807, 2.05) is 4.90 Å². The van der Waals surface area contributed by atoms with Crippen LogP contribution >= 0.6 is 0 Å². The highest BCUT2D eigenvalue weighted by atomic mass is 19.4. The molecule has 27 heavy (non-hydrogen) atoms. The minimum atomic E-state index is -4.31. The number of rotatable bonds is 9. The summed E-state index contributed by atoms with van der Waals surface area (Å²) in [6, 6.07) is 5.53. The molecule has 0 unspecified atom stereocenters. The predicted molar refractivity (Wildman–Crippen MR) is 102 cm³/mol. The van der Waals surface area contributed by atoms with Crippen LogP contribution in [0.3, 0.4) is 0 Å². The lowest BCUT2D eigenvalue weighted by molar-refractivity contribution is -0.137. The Labute approximate surface area is 159 Å². The summed E-state index contributed by atoms with van der Waals surface area (Å²) in [6.07, 6.45) is 0.328. The lowest BCUT2D eigenvalue weighted by Crippen LogP contribution is -2.47. The molecule has 1 fully saturated rings. The van der Waals surface area contributed by atoms with Gasteiger partial charge in [-0.3, -0.25) is 9.69 Å². The van der Waals surface area contributed by atoms with Crippen LogP contribution in [-0.2, 0) is 11.0 Å². The summed E-state index contributed by atoms with van der Waals surface area (Å²) >= 11 is 0. The van der Waals surface area contributed by atoms with Gasteiger partial charge >= 0.3 is 6.18 Å². The first-order valence-electron chi connectivity index (χ1n) is 9.81. The zero-order valence-corrected chi connectivity index (χ0v) is 16.0. The molecule has 152 valence electrons. The van der Waals surface area contributed by atoms with Crippen molar-refractivity contribution < 1.29 is 18.0 Å². The van der Waals surface area contributed by atoms with Crippen LogP contribution in [0.25, 0.3) is 0 Å². The topological polar surface area (TPSA) is 35.6 Å². The molecule has 1 amide bonds. The molecule has 2 rings (SSSR count). The number of nitrogens with one attached hydrogen (secondary N) is 1. The summed E-state index contributed by atoms with van der Waals surface area (Å²) in [5.74, 6) is 0.123. The second-order valence-electron chi connectivity index (χ2n) is 7.04. The van der Waals surface area contributed by atoms with E-state index in [2.05, 4.69) is 17.1 Å². The fourth-order valence-electron chi connectivity index (χ4n) is 3.26. The Kier molecular flexibility index (Phi) is 8.41. The van der Waals surface area contributed by atoms with Gasteiger partial charge in [0.05, 0.1) is 5.56 Å². The van der Waals surface area contributed by atoms with Crippen molar-refractivity contribution in [2.24, 2.45) is 0 Å². The Hall–Kier alpha value is -1.76. The smallest absolute Gasteiger partial charge is 0.369 e. The van der Waals surface area contributed by atoms with E-state index >= 15 is 0 Å². The number of anilines is 1. The number of piperazine rings is 1. The van der Waals surface area contributed by atoms with Gasteiger partial charge in [-0.1, -0.05) is 25.8 Å². The van der Waals surface area contributed by atoms with Crippen molar-refractivity contribution in [2.45, 2.75) is 45.2 Å². The SMILES string of the molecule is CCCCCC(=O)NCCCN1CCN(c2cccc(C(F)(F)F)c2)CC1. The molecule has 0 aliphatic carbocycles. The number of nitrogens with zero attached hydrogens (tertiary/aromatic N) is 2. The van der Waals surface area contributed by atoms with Crippen LogP contribution in [0.1, 0.15) is 44.6 Å². The maximum atomic E-state index is 12.9. The predicted octanol–water partition coefficient (Wildman–Crippen LogP) is 3.91. The van der Waals surface area contributed by atoms with Crippen LogP contribution < -0.4 is 10.2 Å². The van der Waals surface area contributed by atoms with Gasteiger partial charge in [0.1, 0.15) is 0 Å². The third kappa shape index (κ3) is 7.40. The molecular weight excluding hydrogens is 355 g/mol. The van der Waals surface area contributed by atoms with Crippen LogP contribution in [-0.4, -0.2) is 50.1 Å². The van der Waals surface area contributed by atoms with Crippen molar-refractivity contribution >= 4 is 11.6 Å². The summed E-state index contributed by atoms with van der Waals surface area (Å²) in [4.78, 5) is 16.0. The number of carbonyl (C=O) groups excluding carboxylic acids is 1. The van der Waals surface area contributed by atoms with Crippen LogP contribution in [0.2, 0.25) is 0 Å².